The molecule has 0 radical (unpaired) electrons. The normalized spacial score (nSPS) is 10.2. The van der Waals surface area contributed by atoms with Gasteiger partial charge in [0, 0.05) is 10.0 Å². The van der Waals surface area contributed by atoms with Crippen LogP contribution in [0, 0.1) is 0 Å². The zero-order valence-corrected chi connectivity index (χ0v) is 10.1. The molecule has 2 rings (SSSR count). The number of hydrogen-bond acceptors (Lipinski definition) is 5. The molecule has 0 spiro atoms. The van der Waals surface area contributed by atoms with Gasteiger partial charge in [-0.25, -0.2) is 0 Å². The summed E-state index contributed by atoms with van der Waals surface area (Å²) in [6.45, 7) is 0. The number of aliphatic carboxylic acids is 1. The van der Waals surface area contributed by atoms with Gasteiger partial charge in [0.25, 0.3) is 0 Å². The lowest BCUT2D eigenvalue weighted by Gasteiger charge is -1.99. The van der Waals surface area contributed by atoms with Gasteiger partial charge >= 0.3 is 5.97 Å². The molecule has 2 aromatic rings. The van der Waals surface area contributed by atoms with Crippen LogP contribution >= 0.6 is 15.9 Å². The van der Waals surface area contributed by atoms with Crippen molar-refractivity contribution in [3.63, 3.8) is 0 Å². The first-order valence-corrected chi connectivity index (χ1v) is 5.48. The minimum absolute atomic E-state index is 0.0957. The number of carboxylic acids is 1. The van der Waals surface area contributed by atoms with E-state index in [4.69, 9.17) is 5.11 Å². The predicted molar refractivity (Wildman–Crippen MR) is 62.1 cm³/mol. The van der Waals surface area contributed by atoms with E-state index in [1.165, 1.54) is 0 Å². The molecule has 0 fully saturated rings. The molecule has 1 aromatic heterocycles. The maximum absolute atomic E-state index is 10.4. The van der Waals surface area contributed by atoms with E-state index in [9.17, 15) is 4.79 Å². The van der Waals surface area contributed by atoms with Crippen molar-refractivity contribution >= 4 is 21.9 Å². The van der Waals surface area contributed by atoms with Crippen molar-refractivity contribution in [2.24, 2.45) is 0 Å². The highest BCUT2D eigenvalue weighted by atomic mass is 79.9. The summed E-state index contributed by atoms with van der Waals surface area (Å²) in [5.74, 6) is -0.546. The molecule has 6 nitrogen and oxygen atoms in total. The maximum atomic E-state index is 10.4. The number of nitrogens with zero attached hydrogens (tertiary/aromatic N) is 4. The smallest absolute Gasteiger partial charge is 0.311 e. The van der Waals surface area contributed by atoms with Gasteiger partial charge in [-0.15, -0.1) is 20.4 Å². The van der Waals surface area contributed by atoms with Crippen LogP contribution in [0.4, 0.5) is 0 Å². The van der Waals surface area contributed by atoms with Gasteiger partial charge < -0.3 is 5.11 Å². The Labute approximate surface area is 105 Å². The molecule has 7 heteroatoms. The van der Waals surface area contributed by atoms with E-state index >= 15 is 0 Å². The summed E-state index contributed by atoms with van der Waals surface area (Å²) in [4.78, 5) is 10.4. The van der Waals surface area contributed by atoms with Crippen LogP contribution in [0.1, 0.15) is 5.82 Å². The van der Waals surface area contributed by atoms with Gasteiger partial charge in [0.2, 0.25) is 5.82 Å². The molecule has 0 atom stereocenters. The minimum atomic E-state index is -1.01. The summed E-state index contributed by atoms with van der Waals surface area (Å²) in [7, 11) is 0. The van der Waals surface area contributed by atoms with Crippen molar-refractivity contribution in [3.8, 4) is 11.4 Å². The monoisotopic (exact) mass is 294 g/mol. The molecule has 0 bridgehead atoms. The van der Waals surface area contributed by atoms with Crippen molar-refractivity contribution in [2.75, 3.05) is 0 Å². The molecule has 0 saturated carbocycles. The third kappa shape index (κ3) is 3.04. The van der Waals surface area contributed by atoms with Gasteiger partial charge in [0.05, 0.1) is 0 Å². The Hall–Kier alpha value is -1.89. The van der Waals surface area contributed by atoms with Crippen molar-refractivity contribution < 1.29 is 9.90 Å². The van der Waals surface area contributed by atoms with Crippen LogP contribution in [0.5, 0.6) is 0 Å². The maximum Gasteiger partial charge on any atom is 0.311 e. The standard InChI is InChI=1S/C10H7BrN4O2/c11-7-3-1-6(2-4-7)10-14-12-8(13-15-10)5-9(16)17/h1-4H,5H2,(H,16,17). The molecule has 0 aliphatic heterocycles. The van der Waals surface area contributed by atoms with Crippen LogP contribution < -0.4 is 0 Å². The van der Waals surface area contributed by atoms with E-state index in [1.54, 1.807) is 0 Å². The van der Waals surface area contributed by atoms with E-state index in [2.05, 4.69) is 36.3 Å². The molecule has 1 N–H and O–H groups in total. The second-order valence-corrected chi connectivity index (χ2v) is 4.13. The Balaban J connectivity index is 2.23. The van der Waals surface area contributed by atoms with Gasteiger partial charge in [-0.3, -0.25) is 4.79 Å². The Morgan fingerprint density at radius 2 is 1.71 bits per heavy atom. The van der Waals surface area contributed by atoms with Crippen molar-refractivity contribution in [1.82, 2.24) is 20.4 Å². The number of rotatable bonds is 3. The van der Waals surface area contributed by atoms with Gasteiger partial charge in [0.15, 0.2) is 5.82 Å². The molecule has 0 amide bonds. The number of aromatic nitrogens is 4. The van der Waals surface area contributed by atoms with E-state index in [0.29, 0.717) is 5.82 Å². The van der Waals surface area contributed by atoms with E-state index < -0.39 is 5.97 Å². The number of carbonyl (C=O) groups is 1. The molecule has 0 unspecified atom stereocenters. The van der Waals surface area contributed by atoms with Gasteiger partial charge in [-0.2, -0.15) is 0 Å². The highest BCUT2D eigenvalue weighted by Crippen LogP contribution is 2.16. The first kappa shape index (κ1) is 11.6. The van der Waals surface area contributed by atoms with Crippen molar-refractivity contribution in [1.29, 1.82) is 0 Å². The van der Waals surface area contributed by atoms with Crippen LogP contribution in [-0.4, -0.2) is 31.5 Å². The zero-order valence-electron chi connectivity index (χ0n) is 8.54. The Kier molecular flexibility index (Phi) is 3.38. The Morgan fingerprint density at radius 1 is 1.12 bits per heavy atom. The van der Waals surface area contributed by atoms with Crippen LogP contribution in [0.3, 0.4) is 0 Å². The van der Waals surface area contributed by atoms with Crippen LogP contribution in [0.25, 0.3) is 11.4 Å². The first-order valence-electron chi connectivity index (χ1n) is 4.69. The fourth-order valence-electron chi connectivity index (χ4n) is 1.17. The van der Waals surface area contributed by atoms with E-state index in [-0.39, 0.29) is 12.2 Å². The molecular weight excluding hydrogens is 288 g/mol. The third-order valence-electron chi connectivity index (χ3n) is 1.93. The number of benzene rings is 1. The van der Waals surface area contributed by atoms with Crippen LogP contribution in [0.15, 0.2) is 28.7 Å². The molecule has 0 saturated heterocycles. The quantitative estimate of drug-likeness (QED) is 0.918. The molecular formula is C10H7BrN4O2. The van der Waals surface area contributed by atoms with Crippen LogP contribution in [0.2, 0.25) is 0 Å². The lowest BCUT2D eigenvalue weighted by atomic mass is 10.2. The molecule has 1 heterocycles. The second kappa shape index (κ2) is 4.96. The van der Waals surface area contributed by atoms with E-state index in [1.807, 2.05) is 24.3 Å². The number of hydrogen-bond donors (Lipinski definition) is 1. The molecule has 17 heavy (non-hydrogen) atoms. The molecule has 86 valence electrons. The van der Waals surface area contributed by atoms with Crippen molar-refractivity contribution in [3.05, 3.63) is 34.6 Å². The lowest BCUT2D eigenvalue weighted by Crippen LogP contribution is -2.08. The van der Waals surface area contributed by atoms with Gasteiger partial charge in [0.1, 0.15) is 6.42 Å². The number of halogens is 1. The summed E-state index contributed by atoms with van der Waals surface area (Å²) < 4.78 is 0.949. The third-order valence-corrected chi connectivity index (χ3v) is 2.46. The van der Waals surface area contributed by atoms with E-state index in [0.717, 1.165) is 10.0 Å². The highest BCUT2D eigenvalue weighted by Gasteiger charge is 2.07. The van der Waals surface area contributed by atoms with Crippen molar-refractivity contribution in [2.45, 2.75) is 6.42 Å². The Bertz CT molecular complexity index is 527. The minimum Gasteiger partial charge on any atom is -0.481 e. The first-order chi connectivity index (χ1) is 8.15. The SMILES string of the molecule is O=C(O)Cc1nnc(-c2ccc(Br)cc2)nn1. The van der Waals surface area contributed by atoms with Crippen LogP contribution in [-0.2, 0) is 11.2 Å². The number of carboxylic acid groups (broad SMARTS) is 1. The summed E-state index contributed by atoms with van der Waals surface area (Å²) in [6, 6.07) is 7.34. The lowest BCUT2D eigenvalue weighted by molar-refractivity contribution is -0.136. The summed E-state index contributed by atoms with van der Waals surface area (Å²) in [5, 5.41) is 23.6. The fraction of sp³-hybridized carbons (Fsp3) is 0.100. The molecule has 0 aliphatic carbocycles. The fourth-order valence-corrected chi connectivity index (χ4v) is 1.43. The average molecular weight is 295 g/mol. The van der Waals surface area contributed by atoms with Gasteiger partial charge in [-0.1, -0.05) is 15.9 Å². The largest absolute Gasteiger partial charge is 0.481 e. The van der Waals surface area contributed by atoms with Gasteiger partial charge in [-0.05, 0) is 24.3 Å². The second-order valence-electron chi connectivity index (χ2n) is 3.22. The summed E-state index contributed by atoms with van der Waals surface area (Å²) >= 11 is 3.32. The predicted octanol–water partition coefficient (Wildman–Crippen LogP) is 1.32. The zero-order chi connectivity index (χ0) is 12.3. The Morgan fingerprint density at radius 3 is 2.24 bits per heavy atom. The highest BCUT2D eigenvalue weighted by molar-refractivity contribution is 9.10. The summed E-state index contributed by atoms with van der Waals surface area (Å²) in [5.41, 5.74) is 0.773. The molecule has 0 aliphatic rings. The molecule has 1 aromatic carbocycles. The summed E-state index contributed by atoms with van der Waals surface area (Å²) in [6.07, 6.45) is -0.277. The topological polar surface area (TPSA) is 88.9 Å². The average Bonchev–Trinajstić information content (AvgIpc) is 2.30.